The third-order valence-electron chi connectivity index (χ3n) is 1.77. The zero-order valence-corrected chi connectivity index (χ0v) is 11.7. The molecule has 0 aliphatic heterocycles. The predicted molar refractivity (Wildman–Crippen MR) is 74.0 cm³/mol. The van der Waals surface area contributed by atoms with Crippen molar-refractivity contribution in [3.63, 3.8) is 0 Å². The molecule has 0 unspecified atom stereocenters. The Kier molecular flexibility index (Phi) is 3.25. The van der Waals surface area contributed by atoms with E-state index in [4.69, 9.17) is 34.3 Å². The van der Waals surface area contributed by atoms with Crippen molar-refractivity contribution >= 4 is 65.9 Å². The zero-order valence-electron chi connectivity index (χ0n) is 7.70. The number of anilines is 1. The quantitative estimate of drug-likeness (QED) is 0.812. The van der Waals surface area contributed by atoms with E-state index in [1.807, 2.05) is 19.1 Å². The number of benzene rings is 1. The number of aryl methyl sites for hydroxylation is 1. The largest absolute Gasteiger partial charge is 0.311 e. The van der Waals surface area contributed by atoms with Gasteiger partial charge in [-0.05, 0) is 58.9 Å². The first kappa shape index (κ1) is 11.6. The molecule has 0 saturated heterocycles. The summed E-state index contributed by atoms with van der Waals surface area (Å²) in [6, 6.07) is 6.06. The molecule has 2 aromatic rings. The van der Waals surface area contributed by atoms with Crippen molar-refractivity contribution in [2.45, 2.75) is 6.92 Å². The summed E-state index contributed by atoms with van der Waals surface area (Å²) in [5.74, 6) is 0. The lowest BCUT2D eigenvalue weighted by Gasteiger charge is -2.04. The molecule has 0 bridgehead atoms. The van der Waals surface area contributed by atoms with Gasteiger partial charge in [-0.15, -0.1) is 0 Å². The lowest BCUT2D eigenvalue weighted by atomic mass is 10.2. The van der Waals surface area contributed by atoms with Gasteiger partial charge >= 0.3 is 0 Å². The molecule has 0 spiro atoms. The van der Waals surface area contributed by atoms with Gasteiger partial charge in [0.1, 0.15) is 0 Å². The Balaban J connectivity index is 2.43. The minimum Gasteiger partial charge on any atom is -0.311 e. The van der Waals surface area contributed by atoms with Crippen LogP contribution in [0.2, 0.25) is 0 Å². The molecule has 0 aliphatic carbocycles. The van der Waals surface area contributed by atoms with Crippen LogP contribution in [0, 0.1) is 6.92 Å². The first-order chi connectivity index (χ1) is 6.94. The minimum absolute atomic E-state index is 0.684. The molecular formula is C8H7Cl2N2PS2. The molecule has 2 nitrogen and oxygen atoms in total. The van der Waals surface area contributed by atoms with Crippen LogP contribution in [0.25, 0.3) is 10.2 Å². The second-order valence-corrected chi connectivity index (χ2v) is 11.7. The van der Waals surface area contributed by atoms with Crippen molar-refractivity contribution in [2.24, 2.45) is 0 Å². The van der Waals surface area contributed by atoms with Gasteiger partial charge in [0.15, 0.2) is 5.13 Å². The van der Waals surface area contributed by atoms with E-state index in [1.54, 1.807) is 0 Å². The fraction of sp³-hybridized carbons (Fsp3) is 0.125. The second-order valence-electron chi connectivity index (χ2n) is 3.06. The molecule has 0 amide bonds. The van der Waals surface area contributed by atoms with Crippen LogP contribution in [0.4, 0.5) is 5.13 Å². The average molecular weight is 297 g/mol. The molecule has 80 valence electrons. The first-order valence-electron chi connectivity index (χ1n) is 4.09. The molecule has 7 heteroatoms. The van der Waals surface area contributed by atoms with Crippen LogP contribution in [0.1, 0.15) is 5.56 Å². The minimum atomic E-state index is -2.48. The number of hydrogen-bond donors (Lipinski definition) is 1. The van der Waals surface area contributed by atoms with Gasteiger partial charge in [-0.1, -0.05) is 17.4 Å². The summed E-state index contributed by atoms with van der Waals surface area (Å²) >= 11 is 18.0. The van der Waals surface area contributed by atoms with Crippen molar-refractivity contribution in [2.75, 3.05) is 5.09 Å². The Labute approximate surface area is 106 Å². The van der Waals surface area contributed by atoms with Crippen LogP contribution in [0.5, 0.6) is 0 Å². The summed E-state index contributed by atoms with van der Waals surface area (Å²) in [6.45, 7) is 2.04. The molecule has 1 heterocycles. The van der Waals surface area contributed by atoms with Crippen molar-refractivity contribution in [1.29, 1.82) is 0 Å². The lowest BCUT2D eigenvalue weighted by molar-refractivity contribution is 1.46. The number of aromatic nitrogens is 1. The van der Waals surface area contributed by atoms with Gasteiger partial charge in [-0.2, -0.15) is 0 Å². The van der Waals surface area contributed by atoms with E-state index < -0.39 is 4.89 Å². The van der Waals surface area contributed by atoms with Gasteiger partial charge in [-0.3, -0.25) is 0 Å². The van der Waals surface area contributed by atoms with Crippen LogP contribution in [-0.2, 0) is 11.8 Å². The Bertz CT molecular complexity index is 549. The number of thiazole rings is 1. The van der Waals surface area contributed by atoms with E-state index >= 15 is 0 Å². The number of hydrogen-bond acceptors (Lipinski definition) is 3. The summed E-state index contributed by atoms with van der Waals surface area (Å²) in [7, 11) is 0. The van der Waals surface area contributed by atoms with Crippen LogP contribution in [0.3, 0.4) is 0 Å². The Morgan fingerprint density at radius 2 is 2.20 bits per heavy atom. The highest BCUT2D eigenvalue weighted by atomic mass is 35.9. The monoisotopic (exact) mass is 296 g/mol. The van der Waals surface area contributed by atoms with E-state index in [0.717, 1.165) is 10.2 Å². The van der Waals surface area contributed by atoms with Crippen LogP contribution >= 0.6 is 38.7 Å². The Morgan fingerprint density at radius 1 is 1.47 bits per heavy atom. The van der Waals surface area contributed by atoms with E-state index in [2.05, 4.69) is 16.1 Å². The molecule has 2 rings (SSSR count). The third kappa shape index (κ3) is 3.05. The highest BCUT2D eigenvalue weighted by molar-refractivity contribution is 8.39. The number of nitrogens with one attached hydrogen (secondary N) is 1. The summed E-state index contributed by atoms with van der Waals surface area (Å²) < 4.78 is 1.11. The molecular weight excluding hydrogens is 290 g/mol. The average Bonchev–Trinajstić information content (AvgIpc) is 2.42. The summed E-state index contributed by atoms with van der Waals surface area (Å²) in [5, 5.41) is 3.54. The molecule has 0 fully saturated rings. The van der Waals surface area contributed by atoms with Gasteiger partial charge < -0.3 is 5.09 Å². The number of halogens is 2. The van der Waals surface area contributed by atoms with Crippen molar-refractivity contribution in [1.82, 2.24) is 4.98 Å². The third-order valence-corrected chi connectivity index (χ3v) is 4.11. The molecule has 15 heavy (non-hydrogen) atoms. The molecule has 1 aromatic carbocycles. The van der Waals surface area contributed by atoms with Gasteiger partial charge in [0.2, 0.25) is 4.89 Å². The normalized spacial score (nSPS) is 11.9. The maximum absolute atomic E-state index is 5.77. The van der Waals surface area contributed by atoms with Gasteiger partial charge in [0, 0.05) is 0 Å². The molecule has 0 aliphatic rings. The van der Waals surface area contributed by atoms with Crippen LogP contribution < -0.4 is 5.09 Å². The maximum Gasteiger partial charge on any atom is 0.206 e. The summed E-state index contributed by atoms with van der Waals surface area (Å²) in [6.07, 6.45) is 0. The van der Waals surface area contributed by atoms with Gasteiger partial charge in [0.25, 0.3) is 0 Å². The second kappa shape index (κ2) is 4.19. The fourth-order valence-electron chi connectivity index (χ4n) is 1.19. The van der Waals surface area contributed by atoms with Crippen LogP contribution in [-0.4, -0.2) is 4.98 Å². The van der Waals surface area contributed by atoms with Crippen molar-refractivity contribution in [3.8, 4) is 0 Å². The van der Waals surface area contributed by atoms with Crippen molar-refractivity contribution < 1.29 is 0 Å². The smallest absolute Gasteiger partial charge is 0.206 e. The highest BCUT2D eigenvalue weighted by Gasteiger charge is 2.11. The SMILES string of the molecule is Cc1ccc2nc(NP(=S)(Cl)Cl)sc2c1. The molecule has 1 aromatic heterocycles. The zero-order chi connectivity index (χ0) is 11.1. The lowest BCUT2D eigenvalue weighted by Crippen LogP contribution is -1.83. The fourth-order valence-corrected chi connectivity index (χ4v) is 4.09. The van der Waals surface area contributed by atoms with E-state index in [1.165, 1.54) is 16.9 Å². The number of nitrogens with zero attached hydrogens (tertiary/aromatic N) is 1. The summed E-state index contributed by atoms with van der Waals surface area (Å²) in [5.41, 5.74) is 2.14. The molecule has 1 N–H and O–H groups in total. The standard InChI is InChI=1S/C8H7Cl2N2PS2/c1-5-2-3-6-7(4-5)15-8(11-6)12-13(9,10)14/h2-4H,1H3,(H,11,12,14). The topological polar surface area (TPSA) is 24.9 Å². The van der Waals surface area contributed by atoms with Crippen molar-refractivity contribution in [3.05, 3.63) is 23.8 Å². The van der Waals surface area contributed by atoms with E-state index in [9.17, 15) is 0 Å². The Hall–Kier alpha value is 0.140. The van der Waals surface area contributed by atoms with E-state index in [-0.39, 0.29) is 0 Å². The van der Waals surface area contributed by atoms with Gasteiger partial charge in [0.05, 0.1) is 10.2 Å². The Morgan fingerprint density at radius 3 is 2.87 bits per heavy atom. The first-order valence-corrected chi connectivity index (χ1v) is 9.52. The molecule has 0 atom stereocenters. The predicted octanol–water partition coefficient (Wildman–Crippen LogP) is 4.72. The van der Waals surface area contributed by atoms with Crippen LogP contribution in [0.15, 0.2) is 18.2 Å². The molecule has 0 saturated carbocycles. The molecule has 0 radical (unpaired) electrons. The van der Waals surface area contributed by atoms with E-state index in [0.29, 0.717) is 5.13 Å². The number of rotatable bonds is 2. The van der Waals surface area contributed by atoms with Gasteiger partial charge in [-0.25, -0.2) is 4.98 Å². The highest BCUT2D eigenvalue weighted by Crippen LogP contribution is 2.56. The summed E-state index contributed by atoms with van der Waals surface area (Å²) in [4.78, 5) is 1.86. The maximum atomic E-state index is 5.77. The number of fused-ring (bicyclic) bond motifs is 1.